The molecule has 2 aromatic carbocycles. The van der Waals surface area contributed by atoms with Gasteiger partial charge in [0.25, 0.3) is 0 Å². The summed E-state index contributed by atoms with van der Waals surface area (Å²) in [6.07, 6.45) is 2.93. The zero-order valence-corrected chi connectivity index (χ0v) is 19.8. The predicted octanol–water partition coefficient (Wildman–Crippen LogP) is 3.08. The van der Waals surface area contributed by atoms with Crippen molar-refractivity contribution in [3.63, 3.8) is 0 Å². The smallest absolute Gasteiger partial charge is 0.187 e. The van der Waals surface area contributed by atoms with Gasteiger partial charge in [0.1, 0.15) is 11.5 Å². The zero-order chi connectivity index (χ0) is 23.0. The predicted molar refractivity (Wildman–Crippen MR) is 137 cm³/mol. The molecule has 0 saturated heterocycles. The Labute approximate surface area is 199 Å². The Kier molecular flexibility index (Phi) is 11.5. The van der Waals surface area contributed by atoms with E-state index in [2.05, 4.69) is 31.7 Å². The monoisotopic (exact) mass is 472 g/mol. The van der Waals surface area contributed by atoms with E-state index in [1.54, 1.807) is 0 Å². The molecule has 2 aromatic rings. The fraction of sp³-hybridized carbons (Fsp3) is 0.273. The van der Waals surface area contributed by atoms with Crippen LogP contribution in [0.3, 0.4) is 0 Å². The van der Waals surface area contributed by atoms with Gasteiger partial charge in [-0.05, 0) is 73.7 Å². The normalized spacial score (nSPS) is 10.7. The summed E-state index contributed by atoms with van der Waals surface area (Å²) in [6.45, 7) is 6.37. The Morgan fingerprint density at radius 1 is 0.719 bits per heavy atom. The lowest BCUT2D eigenvalue weighted by molar-refractivity contribution is 0.340. The summed E-state index contributed by atoms with van der Waals surface area (Å²) < 4.78 is 10.8. The third kappa shape index (κ3) is 10.2. The van der Waals surface area contributed by atoms with Gasteiger partial charge in [0.15, 0.2) is 10.2 Å². The molecule has 8 nitrogen and oxygen atoms in total. The van der Waals surface area contributed by atoms with E-state index in [-0.39, 0.29) is 0 Å². The van der Waals surface area contributed by atoms with Crippen LogP contribution in [0.25, 0.3) is 0 Å². The molecule has 2 rings (SSSR count). The highest BCUT2D eigenvalue weighted by atomic mass is 32.1. The molecule has 0 heterocycles. The van der Waals surface area contributed by atoms with Gasteiger partial charge in [0.2, 0.25) is 0 Å². The fourth-order valence-electron chi connectivity index (χ4n) is 2.44. The van der Waals surface area contributed by atoms with E-state index in [9.17, 15) is 0 Å². The van der Waals surface area contributed by atoms with Crippen molar-refractivity contribution in [1.82, 2.24) is 21.5 Å². The maximum Gasteiger partial charge on any atom is 0.187 e. The number of hydrogen-bond acceptors (Lipinski definition) is 6. The van der Waals surface area contributed by atoms with Crippen LogP contribution in [-0.4, -0.2) is 35.9 Å². The van der Waals surface area contributed by atoms with Crippen LogP contribution < -0.4 is 31.0 Å². The van der Waals surface area contributed by atoms with E-state index in [4.69, 9.17) is 33.9 Å². The number of ether oxygens (including phenoxy) is 2. The summed E-state index contributed by atoms with van der Waals surface area (Å²) in [4.78, 5) is 0. The molecule has 0 saturated carbocycles. The molecule has 0 aliphatic rings. The van der Waals surface area contributed by atoms with Crippen LogP contribution in [0.4, 0.5) is 0 Å². The third-order valence-corrected chi connectivity index (χ3v) is 4.39. The minimum Gasteiger partial charge on any atom is -0.494 e. The van der Waals surface area contributed by atoms with E-state index in [1.807, 2.05) is 62.4 Å². The lowest BCUT2D eigenvalue weighted by Gasteiger charge is -2.08. The second-order valence-electron chi connectivity index (χ2n) is 6.30. The van der Waals surface area contributed by atoms with Crippen molar-refractivity contribution in [2.24, 2.45) is 10.2 Å². The molecule has 0 atom stereocenters. The highest BCUT2D eigenvalue weighted by molar-refractivity contribution is 7.80. The largest absolute Gasteiger partial charge is 0.494 e. The first-order chi connectivity index (χ1) is 15.6. The van der Waals surface area contributed by atoms with Gasteiger partial charge in [0.05, 0.1) is 25.6 Å². The third-order valence-electron chi connectivity index (χ3n) is 3.92. The second-order valence-corrected chi connectivity index (χ2v) is 7.12. The number of nitrogens with zero attached hydrogens (tertiary/aromatic N) is 2. The molecule has 0 aromatic heterocycles. The molecule has 32 heavy (non-hydrogen) atoms. The minimum absolute atomic E-state index is 0.407. The maximum absolute atomic E-state index is 5.42. The molecule has 170 valence electrons. The van der Waals surface area contributed by atoms with Crippen molar-refractivity contribution >= 4 is 47.1 Å². The van der Waals surface area contributed by atoms with Gasteiger partial charge in [-0.2, -0.15) is 10.2 Å². The van der Waals surface area contributed by atoms with Gasteiger partial charge in [-0.3, -0.25) is 10.9 Å². The van der Waals surface area contributed by atoms with Crippen LogP contribution in [0.15, 0.2) is 58.7 Å². The van der Waals surface area contributed by atoms with Crippen LogP contribution in [-0.2, 0) is 13.1 Å². The topological polar surface area (TPSA) is 91.3 Å². The van der Waals surface area contributed by atoms with Crippen molar-refractivity contribution < 1.29 is 9.47 Å². The molecule has 10 heteroatoms. The molecule has 0 aliphatic heterocycles. The average Bonchev–Trinajstić information content (AvgIpc) is 2.81. The van der Waals surface area contributed by atoms with Crippen molar-refractivity contribution in [3.05, 3.63) is 59.7 Å². The van der Waals surface area contributed by atoms with Gasteiger partial charge in [-0.15, -0.1) is 0 Å². The van der Waals surface area contributed by atoms with Gasteiger partial charge < -0.3 is 20.1 Å². The van der Waals surface area contributed by atoms with Crippen molar-refractivity contribution in [3.8, 4) is 11.5 Å². The Morgan fingerprint density at radius 3 is 1.44 bits per heavy atom. The van der Waals surface area contributed by atoms with E-state index in [0.29, 0.717) is 36.5 Å². The molecular weight excluding hydrogens is 444 g/mol. The first-order valence-corrected chi connectivity index (χ1v) is 11.0. The molecule has 0 aliphatic carbocycles. The van der Waals surface area contributed by atoms with Crippen molar-refractivity contribution in [2.75, 3.05) is 13.2 Å². The van der Waals surface area contributed by atoms with Gasteiger partial charge in [-0.25, -0.2) is 0 Å². The van der Waals surface area contributed by atoms with E-state index in [0.717, 1.165) is 22.6 Å². The first-order valence-electron chi connectivity index (χ1n) is 10.2. The Bertz CT molecular complexity index is 826. The quantitative estimate of drug-likeness (QED) is 0.225. The zero-order valence-electron chi connectivity index (χ0n) is 18.1. The van der Waals surface area contributed by atoms with Gasteiger partial charge in [0, 0.05) is 13.1 Å². The summed E-state index contributed by atoms with van der Waals surface area (Å²) in [6, 6.07) is 15.6. The molecule has 0 amide bonds. The van der Waals surface area contributed by atoms with Crippen LogP contribution in [0.5, 0.6) is 11.5 Å². The number of benzene rings is 2. The molecule has 0 bridgehead atoms. The highest BCUT2D eigenvalue weighted by Gasteiger charge is 1.98. The average molecular weight is 473 g/mol. The number of hydrazone groups is 2. The summed E-state index contributed by atoms with van der Waals surface area (Å²) in [5.41, 5.74) is 7.60. The summed E-state index contributed by atoms with van der Waals surface area (Å²) in [5, 5.41) is 14.9. The molecule has 0 radical (unpaired) electrons. The maximum atomic E-state index is 5.42. The number of nitrogens with one attached hydrogen (secondary N) is 4. The molecule has 4 N–H and O–H groups in total. The summed E-state index contributed by atoms with van der Waals surface area (Å²) >= 11 is 10.4. The van der Waals surface area contributed by atoms with Crippen LogP contribution in [0.1, 0.15) is 25.0 Å². The van der Waals surface area contributed by atoms with Gasteiger partial charge >= 0.3 is 0 Å². The van der Waals surface area contributed by atoms with Crippen molar-refractivity contribution in [1.29, 1.82) is 0 Å². The van der Waals surface area contributed by atoms with Crippen LogP contribution in [0.2, 0.25) is 0 Å². The first kappa shape index (κ1) is 25.0. The molecule has 0 spiro atoms. The Hall–Kier alpha value is -3.24. The van der Waals surface area contributed by atoms with E-state index in [1.165, 1.54) is 12.4 Å². The van der Waals surface area contributed by atoms with Crippen LogP contribution in [0, 0.1) is 0 Å². The Balaban J connectivity index is 1.59. The second kappa shape index (κ2) is 14.7. The lowest BCUT2D eigenvalue weighted by Crippen LogP contribution is -2.32. The summed E-state index contributed by atoms with van der Waals surface area (Å²) in [7, 11) is 0. The fourth-order valence-corrected chi connectivity index (χ4v) is 2.69. The highest BCUT2D eigenvalue weighted by Crippen LogP contribution is 2.12. The van der Waals surface area contributed by atoms with E-state index >= 15 is 0 Å². The summed E-state index contributed by atoms with van der Waals surface area (Å²) in [5.74, 6) is 1.69. The molecule has 0 unspecified atom stereocenters. The number of hydrogen-bond donors (Lipinski definition) is 4. The molecule has 0 fully saturated rings. The van der Waals surface area contributed by atoms with Crippen LogP contribution >= 0.6 is 24.4 Å². The SMILES string of the molecule is CCOc1ccc(CNC(=S)NN=C/C=N/NC(=S)NCc2ccc(OCC)cc2)cc1. The molecular formula is C22H28N6O2S2. The van der Waals surface area contributed by atoms with Gasteiger partial charge in [-0.1, -0.05) is 24.3 Å². The number of rotatable bonds is 11. The van der Waals surface area contributed by atoms with Crippen molar-refractivity contribution in [2.45, 2.75) is 26.9 Å². The standard InChI is InChI=1S/C22H28N6O2S2/c1-3-29-19-9-5-17(6-10-19)15-23-21(31)27-25-13-14-26-28-22(32)24-16-18-7-11-20(12-8-18)30-4-2/h5-14H,3-4,15-16H2,1-2H3,(H2,23,27,31)(H2,24,28,32)/b25-13+,26-14?. The Morgan fingerprint density at radius 2 is 1.09 bits per heavy atom. The minimum atomic E-state index is 0.407. The van der Waals surface area contributed by atoms with E-state index < -0.39 is 0 Å². The lowest BCUT2D eigenvalue weighted by atomic mass is 10.2. The number of thiocarbonyl (C=S) groups is 2.